The molecule has 0 atom stereocenters. The molecule has 1 amide bonds. The number of para-hydroxylation sites is 1. The van der Waals surface area contributed by atoms with E-state index in [1.165, 1.54) is 27.8 Å². The average molecular weight is 539 g/mol. The number of amides is 1. The van der Waals surface area contributed by atoms with Gasteiger partial charge in [0, 0.05) is 32.2 Å². The quantitative estimate of drug-likeness (QED) is 0.299. The minimum atomic E-state index is -3.72. The van der Waals surface area contributed by atoms with Gasteiger partial charge in [-0.15, -0.1) is 0 Å². The largest absolute Gasteiger partial charge is 0.494 e. The van der Waals surface area contributed by atoms with Crippen LogP contribution >= 0.6 is 11.3 Å². The molecule has 0 aliphatic rings. The summed E-state index contributed by atoms with van der Waals surface area (Å²) in [5.74, 6) is 0.399. The molecule has 0 saturated heterocycles. The van der Waals surface area contributed by atoms with Crippen molar-refractivity contribution < 1.29 is 17.9 Å². The molecule has 0 spiro atoms. The van der Waals surface area contributed by atoms with Crippen molar-refractivity contribution in [2.24, 2.45) is 0 Å². The molecular weight excluding hydrogens is 508 g/mol. The third kappa shape index (κ3) is 5.99. The van der Waals surface area contributed by atoms with Crippen LogP contribution in [-0.4, -0.2) is 69.9 Å². The molecule has 8 nitrogen and oxygen atoms in total. The first-order valence-corrected chi connectivity index (χ1v) is 14.0. The van der Waals surface area contributed by atoms with E-state index in [-0.39, 0.29) is 17.3 Å². The molecule has 4 aromatic rings. The molecule has 1 aromatic heterocycles. The Labute approximate surface area is 221 Å². The Kier molecular flexibility index (Phi) is 8.23. The second kappa shape index (κ2) is 11.4. The number of sulfonamides is 1. The lowest BCUT2D eigenvalue weighted by molar-refractivity contribution is 0.0985. The molecule has 1 heterocycles. The molecule has 0 saturated carbocycles. The number of ether oxygens (including phenoxy) is 1. The van der Waals surface area contributed by atoms with Crippen LogP contribution in [0.4, 0.5) is 5.13 Å². The molecule has 194 valence electrons. The van der Waals surface area contributed by atoms with Gasteiger partial charge in [-0.05, 0) is 56.1 Å². The number of nitrogens with zero attached hydrogens (tertiary/aromatic N) is 4. The third-order valence-electron chi connectivity index (χ3n) is 5.89. The van der Waals surface area contributed by atoms with E-state index in [0.29, 0.717) is 35.1 Å². The summed E-state index contributed by atoms with van der Waals surface area (Å²) in [5, 5.41) is 0.561. The fourth-order valence-electron chi connectivity index (χ4n) is 3.81. The van der Waals surface area contributed by atoms with Crippen molar-refractivity contribution in [3.8, 4) is 5.75 Å². The normalized spacial score (nSPS) is 11.8. The topological polar surface area (TPSA) is 83.0 Å². The zero-order valence-electron chi connectivity index (χ0n) is 21.3. The Balaban J connectivity index is 1.60. The van der Waals surface area contributed by atoms with Gasteiger partial charge in [0.05, 0.1) is 16.7 Å². The number of aromatic nitrogens is 1. The smallest absolute Gasteiger partial charge is 0.260 e. The van der Waals surface area contributed by atoms with Gasteiger partial charge in [-0.2, -0.15) is 4.31 Å². The minimum absolute atomic E-state index is 0.132. The molecule has 0 N–H and O–H groups in total. The molecule has 0 bridgehead atoms. The van der Waals surface area contributed by atoms with Crippen LogP contribution in [0, 0.1) is 0 Å². The van der Waals surface area contributed by atoms with Gasteiger partial charge in [-0.1, -0.05) is 47.7 Å². The highest BCUT2D eigenvalue weighted by atomic mass is 32.2. The summed E-state index contributed by atoms with van der Waals surface area (Å²) < 4.78 is 33.9. The van der Waals surface area contributed by atoms with E-state index in [1.54, 1.807) is 31.2 Å². The van der Waals surface area contributed by atoms with Crippen LogP contribution in [0.2, 0.25) is 0 Å². The molecule has 37 heavy (non-hydrogen) atoms. The van der Waals surface area contributed by atoms with Crippen molar-refractivity contribution in [2.45, 2.75) is 11.4 Å². The summed E-state index contributed by atoms with van der Waals surface area (Å²) in [6.45, 7) is 1.31. The van der Waals surface area contributed by atoms with E-state index in [0.717, 1.165) is 10.3 Å². The Morgan fingerprint density at radius 3 is 2.27 bits per heavy atom. The highest BCUT2D eigenvalue weighted by Crippen LogP contribution is 2.34. The second-order valence-electron chi connectivity index (χ2n) is 8.83. The fourth-order valence-corrected chi connectivity index (χ4v) is 5.97. The van der Waals surface area contributed by atoms with Gasteiger partial charge in [0.25, 0.3) is 5.91 Å². The summed E-state index contributed by atoms with van der Waals surface area (Å²) in [5.41, 5.74) is 1.98. The van der Waals surface area contributed by atoms with Crippen LogP contribution in [0.5, 0.6) is 5.75 Å². The number of thiazole rings is 1. The van der Waals surface area contributed by atoms with Crippen LogP contribution < -0.4 is 9.64 Å². The van der Waals surface area contributed by atoms with E-state index >= 15 is 0 Å². The molecular formula is C27H30N4O4S2. The van der Waals surface area contributed by atoms with E-state index in [4.69, 9.17) is 9.72 Å². The number of likely N-dealkylation sites (N-methyl/N-ethyl adjacent to an activating group) is 1. The Morgan fingerprint density at radius 1 is 0.919 bits per heavy atom. The molecule has 0 fully saturated rings. The predicted octanol–water partition coefficient (Wildman–Crippen LogP) is 4.33. The Hall–Kier alpha value is -3.31. The maximum absolute atomic E-state index is 13.6. The number of rotatable bonds is 10. The summed E-state index contributed by atoms with van der Waals surface area (Å²) >= 11 is 1.41. The van der Waals surface area contributed by atoms with Gasteiger partial charge in [0.2, 0.25) is 10.0 Å². The molecule has 10 heteroatoms. The summed E-state index contributed by atoms with van der Waals surface area (Å²) in [6.07, 6.45) is 0. The van der Waals surface area contributed by atoms with E-state index in [2.05, 4.69) is 0 Å². The lowest BCUT2D eigenvalue weighted by atomic mass is 10.2. The molecule has 4 rings (SSSR count). The van der Waals surface area contributed by atoms with Crippen molar-refractivity contribution in [2.75, 3.05) is 46.2 Å². The number of methoxy groups -OCH3 is 1. The summed E-state index contributed by atoms with van der Waals surface area (Å²) in [4.78, 5) is 22.1. The van der Waals surface area contributed by atoms with E-state index in [9.17, 15) is 13.2 Å². The van der Waals surface area contributed by atoms with Crippen LogP contribution in [0.3, 0.4) is 0 Å². The second-order valence-corrected chi connectivity index (χ2v) is 11.9. The number of carbonyl (C=O) groups excluding carboxylic acids is 1. The van der Waals surface area contributed by atoms with Gasteiger partial charge >= 0.3 is 0 Å². The molecule has 0 aliphatic carbocycles. The number of anilines is 1. The van der Waals surface area contributed by atoms with Gasteiger partial charge in [0.15, 0.2) is 5.13 Å². The summed E-state index contributed by atoms with van der Waals surface area (Å²) in [6, 6.07) is 21.2. The van der Waals surface area contributed by atoms with Gasteiger partial charge in [0.1, 0.15) is 11.3 Å². The van der Waals surface area contributed by atoms with Crippen LogP contribution in [-0.2, 0) is 16.6 Å². The zero-order valence-corrected chi connectivity index (χ0v) is 22.9. The van der Waals surface area contributed by atoms with Crippen molar-refractivity contribution in [1.82, 2.24) is 14.2 Å². The average Bonchev–Trinajstić information content (AvgIpc) is 3.33. The number of carbonyl (C=O) groups is 1. The predicted molar refractivity (Wildman–Crippen MR) is 148 cm³/mol. The molecule has 0 unspecified atom stereocenters. The first-order chi connectivity index (χ1) is 17.7. The maximum atomic E-state index is 13.6. The fraction of sp³-hybridized carbons (Fsp3) is 0.259. The Morgan fingerprint density at radius 2 is 1.62 bits per heavy atom. The SMILES string of the molecule is COc1cccc2sc(N(CCN(C)C)C(=O)c3ccc(S(=O)(=O)N(C)Cc4ccccc4)cc3)nc12. The lowest BCUT2D eigenvalue weighted by Gasteiger charge is -2.22. The van der Waals surface area contributed by atoms with Crippen molar-refractivity contribution >= 4 is 42.6 Å². The van der Waals surface area contributed by atoms with Crippen LogP contribution in [0.1, 0.15) is 15.9 Å². The minimum Gasteiger partial charge on any atom is -0.494 e. The lowest BCUT2D eigenvalue weighted by Crippen LogP contribution is -2.36. The third-order valence-corrected chi connectivity index (χ3v) is 8.76. The van der Waals surface area contributed by atoms with Gasteiger partial charge in [-0.25, -0.2) is 13.4 Å². The van der Waals surface area contributed by atoms with E-state index in [1.807, 2.05) is 67.5 Å². The number of hydrogen-bond donors (Lipinski definition) is 0. The van der Waals surface area contributed by atoms with Gasteiger partial charge < -0.3 is 9.64 Å². The highest BCUT2D eigenvalue weighted by molar-refractivity contribution is 7.89. The van der Waals surface area contributed by atoms with Crippen molar-refractivity contribution in [1.29, 1.82) is 0 Å². The highest BCUT2D eigenvalue weighted by Gasteiger charge is 2.25. The zero-order chi connectivity index (χ0) is 26.6. The number of hydrogen-bond acceptors (Lipinski definition) is 7. The van der Waals surface area contributed by atoms with Crippen LogP contribution in [0.15, 0.2) is 77.7 Å². The molecule has 0 aliphatic heterocycles. The number of fused-ring (bicyclic) bond motifs is 1. The number of benzene rings is 3. The standard InChI is InChI=1S/C27H30N4O4S2/c1-29(2)17-18-31(27-28-25-23(35-4)11-8-12-24(25)36-27)26(32)21-13-15-22(16-14-21)37(33,34)30(3)19-20-9-6-5-7-10-20/h5-16H,17-19H2,1-4H3. The first kappa shape index (κ1) is 26.7. The summed E-state index contributed by atoms with van der Waals surface area (Å²) in [7, 11) is 3.30. The van der Waals surface area contributed by atoms with Crippen molar-refractivity contribution in [3.63, 3.8) is 0 Å². The van der Waals surface area contributed by atoms with Gasteiger partial charge in [-0.3, -0.25) is 9.69 Å². The monoisotopic (exact) mass is 538 g/mol. The molecule has 0 radical (unpaired) electrons. The Bertz CT molecular complexity index is 1470. The molecule has 3 aromatic carbocycles. The van der Waals surface area contributed by atoms with E-state index < -0.39 is 10.0 Å². The maximum Gasteiger partial charge on any atom is 0.260 e. The first-order valence-electron chi connectivity index (χ1n) is 11.7. The van der Waals surface area contributed by atoms with Crippen molar-refractivity contribution in [3.05, 3.63) is 83.9 Å². The van der Waals surface area contributed by atoms with Crippen LogP contribution in [0.25, 0.3) is 10.2 Å².